The van der Waals surface area contributed by atoms with Crippen LogP contribution in [0, 0.1) is 0 Å². The Labute approximate surface area is 90.9 Å². The van der Waals surface area contributed by atoms with Crippen LogP contribution in [0.2, 0.25) is 0 Å². The standard InChI is InChI=1S/C11H20O4/c1-4-5-6-7-8-15-10(9(2)12)11(13)14-3/h6-7,9-10,12H,4-5,8H2,1-3H3/b7-6+. The van der Waals surface area contributed by atoms with E-state index in [0.717, 1.165) is 12.8 Å². The molecule has 0 saturated carbocycles. The molecule has 2 atom stereocenters. The van der Waals surface area contributed by atoms with Gasteiger partial charge in [-0.25, -0.2) is 4.79 Å². The number of methoxy groups -OCH3 is 1. The highest BCUT2D eigenvalue weighted by molar-refractivity contribution is 5.75. The summed E-state index contributed by atoms with van der Waals surface area (Å²) in [6.45, 7) is 3.89. The maximum Gasteiger partial charge on any atom is 0.337 e. The van der Waals surface area contributed by atoms with E-state index in [9.17, 15) is 9.90 Å². The number of rotatable bonds is 7. The lowest BCUT2D eigenvalue weighted by atomic mass is 10.2. The first kappa shape index (κ1) is 14.1. The first-order chi connectivity index (χ1) is 7.13. The molecule has 4 heteroatoms. The zero-order chi connectivity index (χ0) is 11.7. The van der Waals surface area contributed by atoms with Crippen molar-refractivity contribution in [3.8, 4) is 0 Å². The Balaban J connectivity index is 3.92. The summed E-state index contributed by atoms with van der Waals surface area (Å²) in [5.41, 5.74) is 0. The molecular formula is C11H20O4. The van der Waals surface area contributed by atoms with Gasteiger partial charge in [-0.2, -0.15) is 0 Å². The zero-order valence-electron chi connectivity index (χ0n) is 9.60. The van der Waals surface area contributed by atoms with E-state index in [1.807, 2.05) is 12.2 Å². The van der Waals surface area contributed by atoms with E-state index >= 15 is 0 Å². The van der Waals surface area contributed by atoms with Gasteiger partial charge < -0.3 is 14.6 Å². The minimum Gasteiger partial charge on any atom is -0.467 e. The maximum absolute atomic E-state index is 11.1. The van der Waals surface area contributed by atoms with E-state index in [-0.39, 0.29) is 0 Å². The fourth-order valence-electron chi connectivity index (χ4n) is 1.03. The molecule has 0 aromatic rings. The van der Waals surface area contributed by atoms with E-state index < -0.39 is 18.2 Å². The first-order valence-electron chi connectivity index (χ1n) is 5.16. The van der Waals surface area contributed by atoms with Gasteiger partial charge in [-0.15, -0.1) is 0 Å². The van der Waals surface area contributed by atoms with Crippen LogP contribution in [0.4, 0.5) is 0 Å². The highest BCUT2D eigenvalue weighted by Gasteiger charge is 2.24. The predicted molar refractivity (Wildman–Crippen MR) is 57.5 cm³/mol. The molecule has 2 unspecified atom stereocenters. The van der Waals surface area contributed by atoms with Crippen molar-refractivity contribution in [3.63, 3.8) is 0 Å². The maximum atomic E-state index is 11.1. The van der Waals surface area contributed by atoms with Crippen LogP contribution in [-0.2, 0) is 14.3 Å². The Morgan fingerprint density at radius 2 is 2.13 bits per heavy atom. The van der Waals surface area contributed by atoms with Gasteiger partial charge in [0.2, 0.25) is 0 Å². The summed E-state index contributed by atoms with van der Waals surface area (Å²) in [6.07, 6.45) is 4.12. The first-order valence-corrected chi connectivity index (χ1v) is 5.16. The van der Waals surface area contributed by atoms with Crippen molar-refractivity contribution in [2.45, 2.75) is 38.9 Å². The Morgan fingerprint density at radius 1 is 1.47 bits per heavy atom. The number of ether oxygens (including phenoxy) is 2. The minimum absolute atomic E-state index is 0.310. The molecule has 1 N–H and O–H groups in total. The third-order valence-corrected chi connectivity index (χ3v) is 1.87. The average Bonchev–Trinajstić information content (AvgIpc) is 2.22. The number of allylic oxidation sites excluding steroid dienone is 1. The molecule has 0 amide bonds. The molecule has 0 aliphatic carbocycles. The summed E-state index contributed by atoms with van der Waals surface area (Å²) in [5.74, 6) is -0.547. The van der Waals surface area contributed by atoms with Gasteiger partial charge in [0.25, 0.3) is 0 Å². The van der Waals surface area contributed by atoms with Crippen LogP contribution in [0.3, 0.4) is 0 Å². The SMILES string of the molecule is CCC/C=C/COC(C(=O)OC)C(C)O. The topological polar surface area (TPSA) is 55.8 Å². The van der Waals surface area contributed by atoms with Crippen molar-refractivity contribution < 1.29 is 19.4 Å². The lowest BCUT2D eigenvalue weighted by Crippen LogP contribution is -2.35. The van der Waals surface area contributed by atoms with Gasteiger partial charge in [0.15, 0.2) is 6.10 Å². The van der Waals surface area contributed by atoms with Gasteiger partial charge in [0, 0.05) is 0 Å². The number of carbonyl (C=O) groups excluding carboxylic acids is 1. The van der Waals surface area contributed by atoms with Crippen LogP contribution in [0.5, 0.6) is 0 Å². The van der Waals surface area contributed by atoms with Crippen LogP contribution in [0.1, 0.15) is 26.7 Å². The summed E-state index contributed by atoms with van der Waals surface area (Å²) < 4.78 is 9.70. The largest absolute Gasteiger partial charge is 0.467 e. The van der Waals surface area contributed by atoms with Gasteiger partial charge >= 0.3 is 5.97 Å². The van der Waals surface area contributed by atoms with E-state index in [1.165, 1.54) is 14.0 Å². The fraction of sp³-hybridized carbons (Fsp3) is 0.727. The van der Waals surface area contributed by atoms with Crippen molar-refractivity contribution >= 4 is 5.97 Å². The normalized spacial score (nSPS) is 15.2. The number of hydrogen-bond acceptors (Lipinski definition) is 4. The van der Waals surface area contributed by atoms with Crippen LogP contribution in [-0.4, -0.2) is 37.0 Å². The van der Waals surface area contributed by atoms with E-state index in [2.05, 4.69) is 11.7 Å². The monoisotopic (exact) mass is 216 g/mol. The van der Waals surface area contributed by atoms with Gasteiger partial charge in [0.05, 0.1) is 19.8 Å². The molecule has 0 radical (unpaired) electrons. The van der Waals surface area contributed by atoms with Crippen LogP contribution < -0.4 is 0 Å². The molecular weight excluding hydrogens is 196 g/mol. The molecule has 15 heavy (non-hydrogen) atoms. The highest BCUT2D eigenvalue weighted by Crippen LogP contribution is 2.02. The molecule has 0 bridgehead atoms. The van der Waals surface area contributed by atoms with Gasteiger partial charge in [-0.1, -0.05) is 25.5 Å². The molecule has 0 fully saturated rings. The number of hydrogen-bond donors (Lipinski definition) is 1. The van der Waals surface area contributed by atoms with Gasteiger partial charge in [-0.3, -0.25) is 0 Å². The third-order valence-electron chi connectivity index (χ3n) is 1.87. The summed E-state index contributed by atoms with van der Waals surface area (Å²) in [5, 5.41) is 9.27. The highest BCUT2D eigenvalue weighted by atomic mass is 16.6. The Kier molecular flexibility index (Phi) is 7.95. The summed E-state index contributed by atoms with van der Waals surface area (Å²) in [7, 11) is 1.27. The van der Waals surface area contributed by atoms with Crippen molar-refractivity contribution in [2.24, 2.45) is 0 Å². The molecule has 0 saturated heterocycles. The van der Waals surface area contributed by atoms with E-state index in [1.54, 1.807) is 0 Å². The minimum atomic E-state index is -0.902. The predicted octanol–water partition coefficient (Wildman–Crippen LogP) is 1.28. The molecule has 0 aliphatic heterocycles. The second-order valence-corrected chi connectivity index (χ2v) is 3.28. The molecule has 0 spiro atoms. The lowest BCUT2D eigenvalue weighted by Gasteiger charge is -2.16. The molecule has 0 aliphatic rings. The van der Waals surface area contributed by atoms with Crippen LogP contribution >= 0.6 is 0 Å². The van der Waals surface area contributed by atoms with Crippen molar-refractivity contribution in [1.29, 1.82) is 0 Å². The number of aliphatic hydroxyl groups is 1. The summed E-state index contributed by atoms with van der Waals surface area (Å²) in [6, 6.07) is 0. The zero-order valence-corrected chi connectivity index (χ0v) is 9.60. The molecule has 4 nitrogen and oxygen atoms in total. The molecule has 0 aromatic heterocycles. The number of carbonyl (C=O) groups is 1. The Bertz CT molecular complexity index is 199. The average molecular weight is 216 g/mol. The fourth-order valence-corrected chi connectivity index (χ4v) is 1.03. The Morgan fingerprint density at radius 3 is 2.60 bits per heavy atom. The quantitative estimate of drug-likeness (QED) is 0.514. The van der Waals surface area contributed by atoms with Crippen molar-refractivity contribution in [3.05, 3.63) is 12.2 Å². The Hall–Kier alpha value is -0.870. The smallest absolute Gasteiger partial charge is 0.337 e. The van der Waals surface area contributed by atoms with Crippen molar-refractivity contribution in [1.82, 2.24) is 0 Å². The second-order valence-electron chi connectivity index (χ2n) is 3.28. The van der Waals surface area contributed by atoms with E-state index in [0.29, 0.717) is 6.61 Å². The van der Waals surface area contributed by atoms with Crippen LogP contribution in [0.25, 0.3) is 0 Å². The van der Waals surface area contributed by atoms with Crippen LogP contribution in [0.15, 0.2) is 12.2 Å². The number of aliphatic hydroxyl groups excluding tert-OH is 1. The molecule has 0 heterocycles. The lowest BCUT2D eigenvalue weighted by molar-refractivity contribution is -0.160. The summed E-state index contributed by atoms with van der Waals surface area (Å²) >= 11 is 0. The number of unbranched alkanes of at least 4 members (excludes halogenated alkanes) is 1. The van der Waals surface area contributed by atoms with Gasteiger partial charge in [-0.05, 0) is 13.3 Å². The van der Waals surface area contributed by atoms with E-state index in [4.69, 9.17) is 4.74 Å². The van der Waals surface area contributed by atoms with Crippen molar-refractivity contribution in [2.75, 3.05) is 13.7 Å². The number of esters is 1. The molecule has 0 rings (SSSR count). The summed E-state index contributed by atoms with van der Waals surface area (Å²) in [4.78, 5) is 11.1. The third kappa shape index (κ3) is 6.25. The molecule has 88 valence electrons. The second kappa shape index (κ2) is 8.44. The molecule has 0 aromatic carbocycles. The van der Waals surface area contributed by atoms with Gasteiger partial charge in [0.1, 0.15) is 0 Å².